The van der Waals surface area contributed by atoms with E-state index in [1.807, 2.05) is 30.3 Å². The van der Waals surface area contributed by atoms with Crippen LogP contribution < -0.4 is 5.32 Å². The normalized spacial score (nSPS) is 37.3. The molecule has 2 unspecified atom stereocenters. The fourth-order valence-electron chi connectivity index (χ4n) is 5.90. The fourth-order valence-corrected chi connectivity index (χ4v) is 5.90. The molecule has 0 aromatic heterocycles. The topological polar surface area (TPSA) is 56.0 Å². The van der Waals surface area contributed by atoms with Crippen molar-refractivity contribution in [2.24, 2.45) is 29.6 Å². The van der Waals surface area contributed by atoms with Gasteiger partial charge in [0.1, 0.15) is 0 Å². The molecule has 5 rings (SSSR count). The van der Waals surface area contributed by atoms with E-state index in [9.17, 15) is 10.4 Å². The maximum atomic E-state index is 9.81. The van der Waals surface area contributed by atoms with E-state index in [0.717, 1.165) is 29.2 Å². The van der Waals surface area contributed by atoms with Crippen molar-refractivity contribution in [3.63, 3.8) is 0 Å². The zero-order valence-corrected chi connectivity index (χ0v) is 13.6. The zero-order chi connectivity index (χ0) is 15.8. The number of hydrogen-bond donors (Lipinski definition) is 2. The molecule has 1 aromatic carbocycles. The van der Waals surface area contributed by atoms with Crippen LogP contribution in [-0.2, 0) is 0 Å². The molecule has 3 nitrogen and oxygen atoms in total. The third-order valence-electron chi connectivity index (χ3n) is 6.59. The maximum Gasteiger partial charge on any atom is 0.0992 e. The van der Waals surface area contributed by atoms with E-state index in [1.165, 1.54) is 32.1 Å². The van der Waals surface area contributed by atoms with E-state index in [4.69, 9.17) is 0 Å². The zero-order valence-electron chi connectivity index (χ0n) is 13.6. The van der Waals surface area contributed by atoms with Crippen LogP contribution in [-0.4, -0.2) is 17.8 Å². The number of aliphatic hydroxyl groups is 1. The Morgan fingerprint density at radius 3 is 2.17 bits per heavy atom. The van der Waals surface area contributed by atoms with Gasteiger partial charge in [0.25, 0.3) is 0 Å². The van der Waals surface area contributed by atoms with Gasteiger partial charge in [-0.3, -0.25) is 5.32 Å². The molecular formula is C20H26N2O. The molecule has 2 N–H and O–H groups in total. The predicted molar refractivity (Wildman–Crippen MR) is 89.3 cm³/mol. The van der Waals surface area contributed by atoms with Crippen molar-refractivity contribution < 1.29 is 5.11 Å². The number of nitriles is 1. The maximum absolute atomic E-state index is 9.81. The molecule has 0 spiro atoms. The Morgan fingerprint density at radius 1 is 1.04 bits per heavy atom. The largest absolute Gasteiger partial charge is 0.394 e. The van der Waals surface area contributed by atoms with Crippen molar-refractivity contribution >= 4 is 0 Å². The molecule has 4 saturated carbocycles. The Balaban J connectivity index is 1.51. The highest BCUT2D eigenvalue weighted by Gasteiger charge is 2.50. The van der Waals surface area contributed by atoms with Crippen molar-refractivity contribution in [3.8, 4) is 6.07 Å². The van der Waals surface area contributed by atoms with Gasteiger partial charge in [-0.1, -0.05) is 30.3 Å². The minimum Gasteiger partial charge on any atom is -0.394 e. The first-order valence-corrected chi connectivity index (χ1v) is 9.10. The molecule has 4 aliphatic rings. The van der Waals surface area contributed by atoms with Crippen molar-refractivity contribution in [2.45, 2.75) is 44.2 Å². The summed E-state index contributed by atoms with van der Waals surface area (Å²) in [7, 11) is 0. The number of nitrogens with zero attached hydrogens (tertiary/aromatic N) is 1. The lowest BCUT2D eigenvalue weighted by molar-refractivity contribution is -0.0463. The highest BCUT2D eigenvalue weighted by molar-refractivity contribution is 5.20. The minimum atomic E-state index is -0.141. The number of aliphatic hydroxyl groups excluding tert-OH is 1. The van der Waals surface area contributed by atoms with Crippen molar-refractivity contribution in [1.29, 1.82) is 5.26 Å². The second-order valence-corrected chi connectivity index (χ2v) is 7.93. The van der Waals surface area contributed by atoms with E-state index < -0.39 is 0 Å². The first-order valence-electron chi connectivity index (χ1n) is 9.10. The second-order valence-electron chi connectivity index (χ2n) is 7.93. The van der Waals surface area contributed by atoms with Gasteiger partial charge in [-0.25, -0.2) is 0 Å². The third kappa shape index (κ3) is 2.79. The van der Waals surface area contributed by atoms with Gasteiger partial charge < -0.3 is 5.11 Å². The molecule has 0 saturated heterocycles. The van der Waals surface area contributed by atoms with Gasteiger partial charge in [0.2, 0.25) is 0 Å². The quantitative estimate of drug-likeness (QED) is 0.877. The van der Waals surface area contributed by atoms with Crippen LogP contribution in [0.15, 0.2) is 30.3 Å². The van der Waals surface area contributed by atoms with Crippen molar-refractivity contribution in [2.75, 3.05) is 6.61 Å². The molecule has 4 fully saturated rings. The third-order valence-corrected chi connectivity index (χ3v) is 6.59. The van der Waals surface area contributed by atoms with Gasteiger partial charge in [-0.15, -0.1) is 0 Å². The summed E-state index contributed by atoms with van der Waals surface area (Å²) in [5.41, 5.74) is 1.07. The number of hydrogen-bond acceptors (Lipinski definition) is 3. The first-order chi connectivity index (χ1) is 11.3. The number of benzene rings is 1. The molecular weight excluding hydrogens is 284 g/mol. The van der Waals surface area contributed by atoms with Crippen LogP contribution in [0.4, 0.5) is 0 Å². The van der Waals surface area contributed by atoms with E-state index in [0.29, 0.717) is 5.92 Å². The summed E-state index contributed by atoms with van der Waals surface area (Å²) in [6, 6.07) is 12.3. The Morgan fingerprint density at radius 2 is 1.65 bits per heavy atom. The van der Waals surface area contributed by atoms with Gasteiger partial charge in [0, 0.05) is 0 Å². The summed E-state index contributed by atoms with van der Waals surface area (Å²) in [5, 5.41) is 23.1. The van der Waals surface area contributed by atoms with Gasteiger partial charge in [0.05, 0.1) is 24.8 Å². The fraction of sp³-hybridized carbons (Fsp3) is 0.650. The van der Waals surface area contributed by atoms with Crippen LogP contribution in [0, 0.1) is 40.9 Å². The summed E-state index contributed by atoms with van der Waals surface area (Å²) >= 11 is 0. The van der Waals surface area contributed by atoms with Crippen molar-refractivity contribution in [1.82, 2.24) is 5.32 Å². The average molecular weight is 310 g/mol. The summed E-state index contributed by atoms with van der Waals surface area (Å²) in [6.07, 6.45) is 6.74. The van der Waals surface area contributed by atoms with Crippen LogP contribution in [0.5, 0.6) is 0 Å². The summed E-state index contributed by atoms with van der Waals surface area (Å²) in [4.78, 5) is 0. The Hall–Kier alpha value is -1.37. The van der Waals surface area contributed by atoms with Crippen LogP contribution in [0.2, 0.25) is 0 Å². The van der Waals surface area contributed by atoms with E-state index in [-0.39, 0.29) is 18.7 Å². The minimum absolute atomic E-state index is 0.0372. The van der Waals surface area contributed by atoms with Gasteiger partial charge in [-0.2, -0.15) is 5.26 Å². The van der Waals surface area contributed by atoms with E-state index in [1.54, 1.807) is 0 Å². The molecule has 1 aromatic rings. The Bertz CT molecular complexity index is 551. The van der Waals surface area contributed by atoms with Crippen LogP contribution in [0.1, 0.15) is 43.7 Å². The molecule has 4 bridgehead atoms. The molecule has 4 aliphatic carbocycles. The molecule has 0 heterocycles. The van der Waals surface area contributed by atoms with Crippen molar-refractivity contribution in [3.05, 3.63) is 35.9 Å². The molecule has 122 valence electrons. The first kappa shape index (κ1) is 15.2. The van der Waals surface area contributed by atoms with Gasteiger partial charge >= 0.3 is 0 Å². The highest BCUT2D eigenvalue weighted by Crippen LogP contribution is 2.57. The van der Waals surface area contributed by atoms with Crippen LogP contribution >= 0.6 is 0 Å². The average Bonchev–Trinajstić information content (AvgIpc) is 2.57. The van der Waals surface area contributed by atoms with Gasteiger partial charge in [0.15, 0.2) is 0 Å². The summed E-state index contributed by atoms with van der Waals surface area (Å²) < 4.78 is 0. The molecule has 2 atom stereocenters. The molecule has 3 heteroatoms. The smallest absolute Gasteiger partial charge is 0.0992 e. The van der Waals surface area contributed by atoms with E-state index >= 15 is 0 Å². The van der Waals surface area contributed by atoms with Crippen LogP contribution in [0.3, 0.4) is 0 Å². The van der Waals surface area contributed by atoms with E-state index in [2.05, 4.69) is 11.4 Å². The predicted octanol–water partition coefficient (Wildman–Crippen LogP) is 3.27. The summed E-state index contributed by atoms with van der Waals surface area (Å²) in [6.45, 7) is 0.0372. The van der Waals surface area contributed by atoms with Crippen LogP contribution in [0.25, 0.3) is 0 Å². The SMILES string of the molecule is N#CC(NC(CO)c1ccccc1)C1C2CC3CC(C2)CC1C3. The standard InChI is InChI=1S/C20H26N2O/c21-11-18(22-19(12-23)15-4-2-1-3-5-15)20-16-7-13-6-14(9-16)10-17(20)8-13/h1-5,13-14,16-20,22-23H,6-10,12H2. The number of nitrogens with one attached hydrogen (secondary N) is 1. The molecule has 0 radical (unpaired) electrons. The van der Waals surface area contributed by atoms with Gasteiger partial charge in [-0.05, 0) is 67.3 Å². The molecule has 0 amide bonds. The lowest BCUT2D eigenvalue weighted by Crippen LogP contribution is -2.53. The Kier molecular flexibility index (Phi) is 4.13. The monoisotopic (exact) mass is 310 g/mol. The second kappa shape index (κ2) is 6.26. The Labute approximate surface area is 138 Å². The molecule has 0 aliphatic heterocycles. The molecule has 23 heavy (non-hydrogen) atoms. The lowest BCUT2D eigenvalue weighted by Gasteiger charge is -2.55. The highest BCUT2D eigenvalue weighted by atomic mass is 16.3. The number of rotatable bonds is 5. The summed E-state index contributed by atoms with van der Waals surface area (Å²) in [5.74, 6) is 3.77. The lowest BCUT2D eigenvalue weighted by atomic mass is 9.50.